The number of rotatable bonds is 32. The highest BCUT2D eigenvalue weighted by molar-refractivity contribution is 5.72. The predicted molar refractivity (Wildman–Crippen MR) is 188 cm³/mol. The summed E-state index contributed by atoms with van der Waals surface area (Å²) in [6.07, 6.45) is 30.0. The van der Waals surface area contributed by atoms with E-state index >= 15 is 0 Å². The number of likely N-dealkylation sites (N-methyl/N-ethyl adjacent to an activating group) is 1. The number of carboxylic acid groups (broad SMARTS) is 1. The summed E-state index contributed by atoms with van der Waals surface area (Å²) in [5.41, 5.74) is 0. The monoisotopic (exact) mass is 653 g/mol. The Morgan fingerprint density at radius 2 is 1.15 bits per heavy atom. The van der Waals surface area contributed by atoms with Crippen LogP contribution in [0.2, 0.25) is 0 Å². The van der Waals surface area contributed by atoms with Crippen LogP contribution in [0.15, 0.2) is 24.3 Å². The van der Waals surface area contributed by atoms with E-state index in [4.69, 9.17) is 14.2 Å². The topological polar surface area (TPSA) is 99.1 Å². The maximum Gasteiger partial charge on any atom is 0.362 e. The molecule has 0 aromatic heterocycles. The van der Waals surface area contributed by atoms with Gasteiger partial charge < -0.3 is 23.8 Å². The van der Waals surface area contributed by atoms with Gasteiger partial charge in [-0.1, -0.05) is 109 Å². The first-order valence-corrected chi connectivity index (χ1v) is 18.4. The average molecular weight is 653 g/mol. The number of aliphatic carboxylic acids is 1. The third-order valence-corrected chi connectivity index (χ3v) is 8.10. The summed E-state index contributed by atoms with van der Waals surface area (Å²) >= 11 is 0. The fraction of sp³-hybridized carbons (Fsp3) is 0.816. The van der Waals surface area contributed by atoms with Crippen molar-refractivity contribution >= 4 is 17.9 Å². The summed E-state index contributed by atoms with van der Waals surface area (Å²) in [6.45, 7) is 4.53. The quantitative estimate of drug-likeness (QED) is 0.0335. The van der Waals surface area contributed by atoms with Gasteiger partial charge in [0.2, 0.25) is 0 Å². The standard InChI is InChI=1S/C38H69NO7/c1-6-8-10-11-12-13-14-15-16-17-18-19-20-21-22-23-24-25-27-29-37(41)46-34(33-45-36(40)28-26-9-7-2)32-44-31-30-35(38(42)43)39(3,4)5/h12-13,15-16,34-35H,6-11,14,17-33H2,1-5H3/p+1/b13-12-,16-15-. The van der Waals surface area contributed by atoms with Gasteiger partial charge >= 0.3 is 17.9 Å². The second-order valence-electron chi connectivity index (χ2n) is 13.5. The molecule has 0 radical (unpaired) electrons. The summed E-state index contributed by atoms with van der Waals surface area (Å²) in [4.78, 5) is 36.3. The number of carbonyl (C=O) groups excluding carboxylic acids is 2. The van der Waals surface area contributed by atoms with Gasteiger partial charge in [-0.25, -0.2) is 4.79 Å². The zero-order valence-corrected chi connectivity index (χ0v) is 30.3. The molecule has 0 aromatic rings. The van der Waals surface area contributed by atoms with Crippen LogP contribution in [0.3, 0.4) is 0 Å². The molecule has 8 heteroatoms. The van der Waals surface area contributed by atoms with Crippen LogP contribution in [-0.2, 0) is 28.6 Å². The summed E-state index contributed by atoms with van der Waals surface area (Å²) in [5.74, 6) is -1.50. The fourth-order valence-electron chi connectivity index (χ4n) is 5.18. The predicted octanol–water partition coefficient (Wildman–Crippen LogP) is 8.96. The van der Waals surface area contributed by atoms with E-state index in [9.17, 15) is 19.5 Å². The smallest absolute Gasteiger partial charge is 0.362 e. The molecular formula is C38H70NO7+. The van der Waals surface area contributed by atoms with Crippen LogP contribution in [0.1, 0.15) is 149 Å². The van der Waals surface area contributed by atoms with Crippen molar-refractivity contribution in [3.05, 3.63) is 24.3 Å². The van der Waals surface area contributed by atoms with Crippen molar-refractivity contribution in [1.82, 2.24) is 0 Å². The van der Waals surface area contributed by atoms with E-state index in [0.29, 0.717) is 19.3 Å². The zero-order valence-electron chi connectivity index (χ0n) is 30.3. The molecule has 0 saturated carbocycles. The number of nitrogens with zero attached hydrogens (tertiary/aromatic N) is 1. The van der Waals surface area contributed by atoms with Crippen LogP contribution >= 0.6 is 0 Å². The molecule has 0 spiro atoms. The Labute approximate surface area is 281 Å². The number of ether oxygens (including phenoxy) is 3. The van der Waals surface area contributed by atoms with Gasteiger partial charge in [-0.15, -0.1) is 0 Å². The lowest BCUT2D eigenvalue weighted by molar-refractivity contribution is -0.887. The van der Waals surface area contributed by atoms with Crippen LogP contribution in [0, 0.1) is 0 Å². The largest absolute Gasteiger partial charge is 0.477 e. The Kier molecular flexibility index (Phi) is 28.7. The highest BCUT2D eigenvalue weighted by Crippen LogP contribution is 2.13. The van der Waals surface area contributed by atoms with Crippen molar-refractivity contribution in [3.63, 3.8) is 0 Å². The van der Waals surface area contributed by atoms with E-state index in [2.05, 4.69) is 38.2 Å². The number of allylic oxidation sites excluding steroid dienone is 4. The Hall–Kier alpha value is -2.19. The second-order valence-corrected chi connectivity index (χ2v) is 13.5. The third kappa shape index (κ3) is 28.1. The highest BCUT2D eigenvalue weighted by Gasteiger charge is 2.31. The van der Waals surface area contributed by atoms with Gasteiger partial charge in [0, 0.05) is 19.3 Å². The molecule has 0 aliphatic rings. The third-order valence-electron chi connectivity index (χ3n) is 8.10. The zero-order chi connectivity index (χ0) is 34.3. The number of quaternary nitrogens is 1. The Balaban J connectivity index is 4.15. The van der Waals surface area contributed by atoms with E-state index in [1.165, 1.54) is 70.6 Å². The molecule has 0 aliphatic heterocycles. The first-order valence-electron chi connectivity index (χ1n) is 18.4. The van der Waals surface area contributed by atoms with Gasteiger partial charge in [-0.05, 0) is 44.9 Å². The van der Waals surface area contributed by atoms with E-state index in [1.807, 2.05) is 21.1 Å². The maximum absolute atomic E-state index is 12.5. The molecule has 0 rings (SSSR count). The molecule has 0 aromatic carbocycles. The number of esters is 2. The summed E-state index contributed by atoms with van der Waals surface area (Å²) in [7, 11) is 5.50. The summed E-state index contributed by atoms with van der Waals surface area (Å²) in [6, 6.07) is -0.609. The lowest BCUT2D eigenvalue weighted by Crippen LogP contribution is -2.50. The van der Waals surface area contributed by atoms with Crippen molar-refractivity contribution < 1.29 is 38.2 Å². The molecule has 2 atom stereocenters. The minimum absolute atomic E-state index is 0.0543. The van der Waals surface area contributed by atoms with Gasteiger partial charge in [0.05, 0.1) is 34.4 Å². The van der Waals surface area contributed by atoms with Gasteiger partial charge in [0.1, 0.15) is 6.61 Å². The molecule has 8 nitrogen and oxygen atoms in total. The molecule has 0 amide bonds. The highest BCUT2D eigenvalue weighted by atomic mass is 16.6. The van der Waals surface area contributed by atoms with E-state index in [-0.39, 0.29) is 36.2 Å². The SMILES string of the molecule is CCCCC/C=C\C/C=C\CCCCCCCCCCCC(=O)OC(COCCC(C(=O)O)[N+](C)(C)C)COC(=O)CCCCC. The molecule has 0 bridgehead atoms. The van der Waals surface area contributed by atoms with Crippen molar-refractivity contribution in [2.75, 3.05) is 41.0 Å². The fourth-order valence-corrected chi connectivity index (χ4v) is 5.18. The number of carbonyl (C=O) groups is 3. The van der Waals surface area contributed by atoms with Crippen molar-refractivity contribution in [2.45, 2.75) is 161 Å². The second kappa shape index (κ2) is 30.2. The Bertz CT molecular complexity index is 818. The number of hydrogen-bond acceptors (Lipinski definition) is 6. The van der Waals surface area contributed by atoms with E-state index < -0.39 is 18.1 Å². The molecule has 1 N–H and O–H groups in total. The molecule has 46 heavy (non-hydrogen) atoms. The minimum atomic E-state index is -0.879. The number of hydrogen-bond donors (Lipinski definition) is 1. The number of unbranched alkanes of at least 4 members (excludes halogenated alkanes) is 14. The first-order chi connectivity index (χ1) is 22.1. The van der Waals surface area contributed by atoms with Crippen LogP contribution in [0.5, 0.6) is 0 Å². The van der Waals surface area contributed by atoms with Crippen molar-refractivity contribution in [3.8, 4) is 0 Å². The summed E-state index contributed by atoms with van der Waals surface area (Å²) < 4.78 is 17.0. The van der Waals surface area contributed by atoms with Crippen LogP contribution < -0.4 is 0 Å². The van der Waals surface area contributed by atoms with Crippen molar-refractivity contribution in [1.29, 1.82) is 0 Å². The molecule has 0 saturated heterocycles. The molecule has 0 fully saturated rings. The lowest BCUT2D eigenvalue weighted by Gasteiger charge is -2.31. The Morgan fingerprint density at radius 1 is 0.652 bits per heavy atom. The molecule has 268 valence electrons. The first kappa shape index (κ1) is 43.8. The molecule has 0 heterocycles. The van der Waals surface area contributed by atoms with Gasteiger partial charge in [-0.3, -0.25) is 9.59 Å². The van der Waals surface area contributed by atoms with Crippen LogP contribution in [0.4, 0.5) is 0 Å². The van der Waals surface area contributed by atoms with Gasteiger partial charge in [0.15, 0.2) is 12.1 Å². The lowest BCUT2D eigenvalue weighted by atomic mass is 10.1. The molecular weight excluding hydrogens is 582 g/mol. The van der Waals surface area contributed by atoms with E-state index in [0.717, 1.165) is 44.9 Å². The van der Waals surface area contributed by atoms with Crippen LogP contribution in [0.25, 0.3) is 0 Å². The molecule has 2 unspecified atom stereocenters. The summed E-state index contributed by atoms with van der Waals surface area (Å²) in [5, 5.41) is 9.52. The minimum Gasteiger partial charge on any atom is -0.477 e. The average Bonchev–Trinajstić information content (AvgIpc) is 3.00. The van der Waals surface area contributed by atoms with Crippen LogP contribution in [-0.4, -0.2) is 80.6 Å². The Morgan fingerprint density at radius 3 is 1.72 bits per heavy atom. The van der Waals surface area contributed by atoms with Gasteiger partial charge in [0.25, 0.3) is 0 Å². The van der Waals surface area contributed by atoms with E-state index in [1.54, 1.807) is 0 Å². The molecule has 0 aliphatic carbocycles. The maximum atomic E-state index is 12.5. The number of carboxylic acids is 1. The van der Waals surface area contributed by atoms with Crippen molar-refractivity contribution in [2.24, 2.45) is 0 Å². The normalized spacial score (nSPS) is 13.3. The van der Waals surface area contributed by atoms with Gasteiger partial charge in [-0.2, -0.15) is 0 Å².